The van der Waals surface area contributed by atoms with Crippen LogP contribution in [-0.4, -0.2) is 20.9 Å². The number of nitriles is 1. The van der Waals surface area contributed by atoms with E-state index in [-0.39, 0.29) is 17.1 Å². The van der Waals surface area contributed by atoms with Gasteiger partial charge in [-0.2, -0.15) is 9.98 Å². The predicted octanol–water partition coefficient (Wildman–Crippen LogP) is 1.89. The van der Waals surface area contributed by atoms with Crippen molar-refractivity contribution in [1.82, 2.24) is 4.72 Å². The van der Waals surface area contributed by atoms with Crippen LogP contribution in [0.4, 0.5) is 0 Å². The number of nitrogens with zero attached hydrogens (tertiary/aromatic N) is 1. The Morgan fingerprint density at radius 2 is 1.96 bits per heavy atom. The fraction of sp³-hybridized carbons (Fsp3) is 0.176. The molecule has 7 heteroatoms. The topological polar surface area (TPSA) is 96.3 Å². The maximum atomic E-state index is 12.2. The molecule has 2 aromatic carbocycles. The molecule has 0 amide bonds. The van der Waals surface area contributed by atoms with E-state index in [2.05, 4.69) is 4.72 Å². The highest BCUT2D eigenvalue weighted by Gasteiger charge is 2.19. The third-order valence-electron chi connectivity index (χ3n) is 3.19. The van der Waals surface area contributed by atoms with Gasteiger partial charge in [0.1, 0.15) is 19.2 Å². The highest BCUT2D eigenvalue weighted by atomic mass is 32.2. The minimum atomic E-state index is -3.96. The molecular formula is C17H16N2O4S. The van der Waals surface area contributed by atoms with Crippen LogP contribution >= 0.6 is 0 Å². The number of hydrogen-bond acceptors (Lipinski definition) is 5. The molecule has 124 valence electrons. The number of sulfonamides is 1. The lowest BCUT2D eigenvalue weighted by atomic mass is 10.1. The molecule has 0 saturated heterocycles. The Kier molecular flexibility index (Phi) is 5.68. The lowest BCUT2D eigenvalue weighted by Crippen LogP contribution is -2.31. The summed E-state index contributed by atoms with van der Waals surface area (Å²) in [5.41, 5.74) is 1.87. The van der Waals surface area contributed by atoms with Crippen molar-refractivity contribution in [3.8, 4) is 6.07 Å². The summed E-state index contributed by atoms with van der Waals surface area (Å²) in [4.78, 5) is 11.6. The van der Waals surface area contributed by atoms with E-state index in [1.807, 2.05) is 31.2 Å². The monoisotopic (exact) mass is 344 g/mol. The zero-order chi connectivity index (χ0) is 17.6. The number of carbonyl (C=O) groups excluding carboxylic acids is 1. The summed E-state index contributed by atoms with van der Waals surface area (Å²) < 4.78 is 31.5. The SMILES string of the molecule is Cc1cccc(COC(=O)CNS(=O)(=O)c2ccccc2C#N)c1. The van der Waals surface area contributed by atoms with Gasteiger partial charge in [-0.05, 0) is 24.6 Å². The van der Waals surface area contributed by atoms with Crippen LogP contribution in [0.5, 0.6) is 0 Å². The molecule has 6 nitrogen and oxygen atoms in total. The molecule has 24 heavy (non-hydrogen) atoms. The van der Waals surface area contributed by atoms with Gasteiger partial charge < -0.3 is 4.74 Å². The van der Waals surface area contributed by atoms with Gasteiger partial charge in [0.05, 0.1) is 10.5 Å². The largest absolute Gasteiger partial charge is 0.460 e. The van der Waals surface area contributed by atoms with Gasteiger partial charge in [-0.25, -0.2) is 8.42 Å². The normalized spacial score (nSPS) is 10.8. The molecule has 0 aliphatic carbocycles. The van der Waals surface area contributed by atoms with Gasteiger partial charge in [-0.1, -0.05) is 42.0 Å². The molecular weight excluding hydrogens is 328 g/mol. The summed E-state index contributed by atoms with van der Waals surface area (Å²) in [6, 6.07) is 15.0. The second-order valence-corrected chi connectivity index (χ2v) is 6.82. The third kappa shape index (κ3) is 4.65. The van der Waals surface area contributed by atoms with E-state index in [0.717, 1.165) is 11.1 Å². The van der Waals surface area contributed by atoms with Crippen molar-refractivity contribution < 1.29 is 17.9 Å². The van der Waals surface area contributed by atoms with Gasteiger partial charge in [0.25, 0.3) is 0 Å². The molecule has 0 aromatic heterocycles. The second-order valence-electron chi connectivity index (χ2n) is 5.08. The van der Waals surface area contributed by atoms with Crippen molar-refractivity contribution in [3.63, 3.8) is 0 Å². The molecule has 0 spiro atoms. The van der Waals surface area contributed by atoms with Gasteiger partial charge in [-0.3, -0.25) is 4.79 Å². The number of hydrogen-bond donors (Lipinski definition) is 1. The zero-order valence-corrected chi connectivity index (χ0v) is 13.8. The lowest BCUT2D eigenvalue weighted by molar-refractivity contribution is -0.143. The fourth-order valence-electron chi connectivity index (χ4n) is 2.04. The van der Waals surface area contributed by atoms with Crippen LogP contribution in [0, 0.1) is 18.3 Å². The van der Waals surface area contributed by atoms with Crippen LogP contribution in [0.2, 0.25) is 0 Å². The Morgan fingerprint density at radius 1 is 1.21 bits per heavy atom. The first-order valence-corrected chi connectivity index (χ1v) is 8.60. The summed E-state index contributed by atoms with van der Waals surface area (Å²) in [5, 5.41) is 8.96. The maximum Gasteiger partial charge on any atom is 0.321 e. The van der Waals surface area contributed by atoms with Crippen LogP contribution in [0.15, 0.2) is 53.4 Å². The van der Waals surface area contributed by atoms with Gasteiger partial charge >= 0.3 is 5.97 Å². The number of esters is 1. The standard InChI is InChI=1S/C17H16N2O4S/c1-13-5-4-6-14(9-13)12-23-17(20)11-19-24(21,22)16-8-3-2-7-15(16)10-18/h2-9,19H,11-12H2,1H3. The first-order valence-electron chi connectivity index (χ1n) is 7.12. The van der Waals surface area contributed by atoms with E-state index in [0.29, 0.717) is 0 Å². The van der Waals surface area contributed by atoms with Gasteiger partial charge in [-0.15, -0.1) is 0 Å². The van der Waals surface area contributed by atoms with Crippen LogP contribution in [-0.2, 0) is 26.2 Å². The summed E-state index contributed by atoms with van der Waals surface area (Å²) >= 11 is 0. The van der Waals surface area contributed by atoms with E-state index in [4.69, 9.17) is 10.00 Å². The predicted molar refractivity (Wildman–Crippen MR) is 87.3 cm³/mol. The van der Waals surface area contributed by atoms with Gasteiger partial charge in [0.2, 0.25) is 10.0 Å². The number of nitrogens with one attached hydrogen (secondary N) is 1. The van der Waals surface area contributed by atoms with Crippen molar-refractivity contribution in [3.05, 3.63) is 65.2 Å². The molecule has 2 rings (SSSR count). The van der Waals surface area contributed by atoms with E-state index in [1.54, 1.807) is 12.1 Å². The number of benzene rings is 2. The summed E-state index contributed by atoms with van der Waals surface area (Å²) in [6.07, 6.45) is 0. The summed E-state index contributed by atoms with van der Waals surface area (Å²) in [5.74, 6) is -0.700. The van der Waals surface area contributed by atoms with Crippen molar-refractivity contribution >= 4 is 16.0 Å². The average molecular weight is 344 g/mol. The van der Waals surface area contributed by atoms with Gasteiger partial charge in [0, 0.05) is 0 Å². The van der Waals surface area contributed by atoms with Gasteiger partial charge in [0.15, 0.2) is 0 Å². The van der Waals surface area contributed by atoms with Crippen molar-refractivity contribution in [1.29, 1.82) is 5.26 Å². The Morgan fingerprint density at radius 3 is 2.67 bits per heavy atom. The van der Waals surface area contributed by atoms with Crippen molar-refractivity contribution in [2.24, 2.45) is 0 Å². The first-order chi connectivity index (χ1) is 11.4. The molecule has 0 radical (unpaired) electrons. The van der Waals surface area contributed by atoms with E-state index >= 15 is 0 Å². The number of aryl methyl sites for hydroxylation is 1. The Bertz CT molecular complexity index is 885. The Balaban J connectivity index is 1.94. The Hall–Kier alpha value is -2.69. The lowest BCUT2D eigenvalue weighted by Gasteiger charge is -2.09. The maximum absolute atomic E-state index is 12.2. The molecule has 0 unspecified atom stereocenters. The van der Waals surface area contributed by atoms with Crippen LogP contribution in [0.3, 0.4) is 0 Å². The van der Waals surface area contributed by atoms with E-state index in [1.165, 1.54) is 18.2 Å². The Labute approximate surface area is 140 Å². The molecule has 2 aromatic rings. The summed E-state index contributed by atoms with van der Waals surface area (Å²) in [7, 11) is -3.96. The van der Waals surface area contributed by atoms with Crippen LogP contribution in [0.1, 0.15) is 16.7 Å². The minimum Gasteiger partial charge on any atom is -0.460 e. The zero-order valence-electron chi connectivity index (χ0n) is 13.0. The molecule has 1 N–H and O–H groups in total. The number of carbonyl (C=O) groups is 1. The average Bonchev–Trinajstić information content (AvgIpc) is 2.58. The molecule has 0 heterocycles. The van der Waals surface area contributed by atoms with E-state index < -0.39 is 22.5 Å². The molecule has 0 aliphatic heterocycles. The fourth-order valence-corrected chi connectivity index (χ4v) is 3.17. The molecule has 0 aliphatic rings. The molecule has 0 saturated carbocycles. The van der Waals surface area contributed by atoms with Crippen LogP contribution < -0.4 is 4.72 Å². The third-order valence-corrected chi connectivity index (χ3v) is 4.65. The summed E-state index contributed by atoms with van der Waals surface area (Å²) in [6.45, 7) is 1.48. The highest BCUT2D eigenvalue weighted by molar-refractivity contribution is 7.89. The smallest absolute Gasteiger partial charge is 0.321 e. The van der Waals surface area contributed by atoms with E-state index in [9.17, 15) is 13.2 Å². The highest BCUT2D eigenvalue weighted by Crippen LogP contribution is 2.13. The second kappa shape index (κ2) is 7.73. The molecule has 0 fully saturated rings. The number of ether oxygens (including phenoxy) is 1. The first kappa shape index (κ1) is 17.7. The van der Waals surface area contributed by atoms with Crippen molar-refractivity contribution in [2.45, 2.75) is 18.4 Å². The quantitative estimate of drug-likeness (QED) is 0.807. The minimum absolute atomic E-state index is 0.0122. The van der Waals surface area contributed by atoms with Crippen molar-refractivity contribution in [2.75, 3.05) is 6.54 Å². The molecule has 0 bridgehead atoms. The van der Waals surface area contributed by atoms with Crippen LogP contribution in [0.25, 0.3) is 0 Å². The number of rotatable bonds is 6. The molecule has 0 atom stereocenters.